The average molecular weight is 1100 g/mol. The van der Waals surface area contributed by atoms with Crippen LogP contribution in [0.3, 0.4) is 0 Å². The summed E-state index contributed by atoms with van der Waals surface area (Å²) in [5.41, 5.74) is 6.39. The van der Waals surface area contributed by atoms with Crippen LogP contribution in [0.15, 0.2) is 36.9 Å². The number of carbonyl (C=O) groups excluding carboxylic acids is 4. The topological polar surface area (TPSA) is 390 Å². The fraction of sp³-hybridized carbons (Fsp3) is 0.667. The third-order valence-corrected chi connectivity index (χ3v) is 16.6. The number of hydrogen-bond acceptors (Lipinski definition) is 19. The van der Waals surface area contributed by atoms with E-state index in [2.05, 4.69) is 58.7 Å². The lowest BCUT2D eigenvalue weighted by molar-refractivity contribution is -0.137. The zero-order chi connectivity index (χ0) is 54.0. The van der Waals surface area contributed by atoms with Crippen molar-refractivity contribution in [3.8, 4) is 0 Å². The standard InChI is InChI=1S/C45H68N7O19P3/c1-43(2,26-68-74(64,65)71-73(62,63)67-25-32-37(70-72(59,60)61)36(56)42(69-32)52-28-51-35-39(46)49-27-50-40(35)52)38(57)41(58)48-23-15-34(55)47-22-14-33(54)44(18-19-44)16-7-4-3-5-10-30-12-9-13-31(24-30)11-6-8-17-45(20-21-45)66-29-53/h9,12-13,24,27-29,32,36-38,42,56-57H,3-8,10-11,14-23,25-26H2,1-2H3,(H,47,55)(H,48,58)(H,62,63)(H,64,65)(H2,46,49,50)(H2,59,60,61). The normalized spacial score (nSPS) is 22.1. The Morgan fingerprint density at radius 3 is 2.22 bits per heavy atom. The van der Waals surface area contributed by atoms with Gasteiger partial charge in [-0.3, -0.25) is 37.3 Å². The van der Waals surface area contributed by atoms with Crippen LogP contribution in [-0.2, 0) is 73.1 Å². The van der Waals surface area contributed by atoms with Crippen molar-refractivity contribution >= 4 is 64.5 Å². The van der Waals surface area contributed by atoms with Gasteiger partial charge in [-0.25, -0.2) is 28.6 Å². The first-order chi connectivity index (χ1) is 34.9. The molecule has 2 aromatic heterocycles. The lowest BCUT2D eigenvalue weighted by atomic mass is 9.87. The molecule has 74 heavy (non-hydrogen) atoms. The second-order valence-electron chi connectivity index (χ2n) is 19.9. The number of aryl methyl sites for hydroxylation is 2. The third-order valence-electron chi connectivity index (χ3n) is 13.5. The van der Waals surface area contributed by atoms with Crippen LogP contribution in [0.1, 0.15) is 121 Å². The van der Waals surface area contributed by atoms with Crippen molar-refractivity contribution in [2.45, 2.75) is 153 Å². The van der Waals surface area contributed by atoms with Gasteiger partial charge in [0.15, 0.2) is 17.7 Å². The Morgan fingerprint density at radius 2 is 1.55 bits per heavy atom. The van der Waals surface area contributed by atoms with Crippen LogP contribution in [0.25, 0.3) is 11.2 Å². The molecule has 0 radical (unpaired) electrons. The molecule has 3 fully saturated rings. The number of aromatic nitrogens is 4. The molecule has 0 bridgehead atoms. The summed E-state index contributed by atoms with van der Waals surface area (Å²) >= 11 is 0. The van der Waals surface area contributed by atoms with Gasteiger partial charge in [0.1, 0.15) is 47.6 Å². The minimum atomic E-state index is -5.59. The van der Waals surface area contributed by atoms with E-state index in [-0.39, 0.29) is 59.7 Å². The highest BCUT2D eigenvalue weighted by atomic mass is 31.3. The Labute approximate surface area is 427 Å². The number of aliphatic hydroxyl groups excluding tert-OH is 2. The number of benzene rings is 1. The minimum absolute atomic E-state index is 0.0289. The third kappa shape index (κ3) is 17.2. The summed E-state index contributed by atoms with van der Waals surface area (Å²) in [6.07, 6.45) is 6.74. The van der Waals surface area contributed by atoms with E-state index in [1.165, 1.54) is 25.0 Å². The van der Waals surface area contributed by atoms with E-state index in [4.69, 9.17) is 24.3 Å². The fourth-order valence-electron chi connectivity index (χ4n) is 8.87. The predicted molar refractivity (Wildman–Crippen MR) is 261 cm³/mol. The number of ether oxygens (including phenoxy) is 2. The number of phosphoric acid groups is 3. The van der Waals surface area contributed by atoms with Crippen LogP contribution >= 0.6 is 23.5 Å². The number of imidazole rings is 1. The molecule has 412 valence electrons. The van der Waals surface area contributed by atoms with Crippen molar-refractivity contribution in [2.75, 3.05) is 32.0 Å². The Hall–Kier alpha value is -4.10. The second-order valence-corrected chi connectivity index (χ2v) is 24.1. The fourth-order valence-corrected chi connectivity index (χ4v) is 11.7. The molecule has 0 spiro atoms. The molecular formula is C45H68N7O19P3. The first kappa shape index (κ1) is 59.1. The summed E-state index contributed by atoms with van der Waals surface area (Å²) in [6.45, 7) is 0.983. The summed E-state index contributed by atoms with van der Waals surface area (Å²) in [5.74, 6) is -1.35. The number of Topliss-reactive ketones (excluding diaryl/α,β-unsaturated/α-hetero) is 1. The lowest BCUT2D eigenvalue weighted by Crippen LogP contribution is -2.46. The van der Waals surface area contributed by atoms with Crippen molar-refractivity contribution in [3.63, 3.8) is 0 Å². The zero-order valence-electron chi connectivity index (χ0n) is 41.3. The van der Waals surface area contributed by atoms with Gasteiger partial charge in [0, 0.05) is 36.8 Å². The lowest BCUT2D eigenvalue weighted by Gasteiger charge is -2.30. The molecule has 2 amide bonds. The predicted octanol–water partition coefficient (Wildman–Crippen LogP) is 3.76. The van der Waals surface area contributed by atoms with Crippen molar-refractivity contribution in [3.05, 3.63) is 48.0 Å². The number of nitrogens with zero attached hydrogens (tertiary/aromatic N) is 4. The van der Waals surface area contributed by atoms with E-state index in [0.717, 1.165) is 107 Å². The minimum Gasteiger partial charge on any atom is -0.461 e. The molecule has 26 nitrogen and oxygen atoms in total. The molecule has 29 heteroatoms. The molecule has 3 heterocycles. The average Bonchev–Trinajstić information content (AvgIpc) is 4.23. The van der Waals surface area contributed by atoms with Crippen LogP contribution in [0.2, 0.25) is 0 Å². The van der Waals surface area contributed by atoms with E-state index in [1.807, 2.05) is 0 Å². The molecule has 3 aliphatic rings. The van der Waals surface area contributed by atoms with Gasteiger partial charge in [0.05, 0.1) is 19.5 Å². The number of unbranched alkanes of at least 4 members (excludes halogenated alkanes) is 4. The van der Waals surface area contributed by atoms with Crippen LogP contribution in [0.5, 0.6) is 0 Å². The van der Waals surface area contributed by atoms with Gasteiger partial charge in [-0.1, -0.05) is 57.4 Å². The largest absolute Gasteiger partial charge is 0.481 e. The summed E-state index contributed by atoms with van der Waals surface area (Å²) in [5, 5.41) is 26.7. The van der Waals surface area contributed by atoms with E-state index < -0.39 is 84.6 Å². The Morgan fingerprint density at radius 1 is 0.905 bits per heavy atom. The quantitative estimate of drug-likeness (QED) is 0.0233. The Bertz CT molecular complexity index is 2570. The molecule has 7 atom stereocenters. The maximum atomic E-state index is 13.1. The van der Waals surface area contributed by atoms with E-state index in [0.29, 0.717) is 6.47 Å². The number of nitrogens with one attached hydrogen (secondary N) is 2. The van der Waals surface area contributed by atoms with Gasteiger partial charge in [-0.2, -0.15) is 4.31 Å². The number of carbonyl (C=O) groups is 4. The first-order valence-corrected chi connectivity index (χ1v) is 29.0. The molecule has 6 rings (SSSR count). The molecule has 1 aliphatic heterocycles. The molecular weight excluding hydrogens is 1040 g/mol. The Kier molecular flexibility index (Phi) is 20.3. The number of fused-ring (bicyclic) bond motifs is 1. The smallest absolute Gasteiger partial charge is 0.461 e. The molecule has 10 N–H and O–H groups in total. The molecule has 7 unspecified atom stereocenters. The van der Waals surface area contributed by atoms with Crippen molar-refractivity contribution in [2.24, 2.45) is 10.8 Å². The van der Waals surface area contributed by atoms with Crippen molar-refractivity contribution in [1.82, 2.24) is 30.2 Å². The van der Waals surface area contributed by atoms with Gasteiger partial charge in [0.25, 0.3) is 6.47 Å². The van der Waals surface area contributed by atoms with Crippen LogP contribution in [-0.4, -0.2) is 130 Å². The monoisotopic (exact) mass is 1100 g/mol. The summed E-state index contributed by atoms with van der Waals surface area (Å²) in [6, 6.07) is 8.72. The van der Waals surface area contributed by atoms with E-state index in [9.17, 15) is 62.7 Å². The molecule has 1 aromatic carbocycles. The van der Waals surface area contributed by atoms with Gasteiger partial charge in [0.2, 0.25) is 11.8 Å². The molecule has 2 saturated carbocycles. The van der Waals surface area contributed by atoms with Gasteiger partial charge < -0.3 is 55.6 Å². The SMILES string of the molecule is CC(C)(COP(=O)(O)OP(=O)(O)OCC1OC(n2cnc3c(N)ncnc32)C(O)C1OP(=O)(O)O)C(O)C(=O)NCCC(=O)NCCC(=O)C1(CCCCCCc2cccc(CCCCC3(OC=O)CC3)c2)CC1. The first-order valence-electron chi connectivity index (χ1n) is 24.5. The summed E-state index contributed by atoms with van der Waals surface area (Å²) in [4.78, 5) is 100. The highest BCUT2D eigenvalue weighted by Gasteiger charge is 2.51. The number of amides is 2. The van der Waals surface area contributed by atoms with Gasteiger partial charge >= 0.3 is 23.5 Å². The number of rotatable bonds is 34. The number of hydrogen-bond donors (Lipinski definition) is 9. The highest BCUT2D eigenvalue weighted by molar-refractivity contribution is 7.61. The summed E-state index contributed by atoms with van der Waals surface area (Å²) < 4.78 is 67.9. The van der Waals surface area contributed by atoms with Gasteiger partial charge in [-0.15, -0.1) is 0 Å². The maximum Gasteiger partial charge on any atom is 0.481 e. The van der Waals surface area contributed by atoms with E-state index >= 15 is 0 Å². The van der Waals surface area contributed by atoms with Crippen molar-refractivity contribution in [1.29, 1.82) is 0 Å². The van der Waals surface area contributed by atoms with E-state index in [1.54, 1.807) is 0 Å². The molecule has 2 aliphatic carbocycles. The van der Waals surface area contributed by atoms with Crippen molar-refractivity contribution < 1.29 is 90.0 Å². The molecule has 1 saturated heterocycles. The molecule has 3 aromatic rings. The number of nitrogen functional groups attached to an aromatic ring is 1. The summed E-state index contributed by atoms with van der Waals surface area (Å²) in [7, 11) is -16.5. The van der Waals surface area contributed by atoms with Gasteiger partial charge in [-0.05, 0) is 81.8 Å². The number of aliphatic hydroxyl groups is 2. The number of phosphoric ester groups is 3. The van der Waals surface area contributed by atoms with Crippen LogP contribution in [0, 0.1) is 10.8 Å². The maximum absolute atomic E-state index is 13.1. The van der Waals surface area contributed by atoms with Crippen LogP contribution in [0.4, 0.5) is 5.82 Å². The highest BCUT2D eigenvalue weighted by Crippen LogP contribution is 2.61. The second kappa shape index (κ2) is 25.4. The van der Waals surface area contributed by atoms with Crippen LogP contribution < -0.4 is 16.4 Å². The Balaban J connectivity index is 0.832. The zero-order valence-corrected chi connectivity index (χ0v) is 44.0. The number of nitrogens with two attached hydrogens (primary N) is 1. The number of ketones is 1. The number of anilines is 1.